The van der Waals surface area contributed by atoms with Crippen LogP contribution in [-0.2, 0) is 17.6 Å². The van der Waals surface area contributed by atoms with Crippen LogP contribution < -0.4 is 11.1 Å². The fraction of sp³-hybridized carbons (Fsp3) is 0.589. The van der Waals surface area contributed by atoms with Gasteiger partial charge in [-0.2, -0.15) is 0 Å². The lowest BCUT2D eigenvalue weighted by Gasteiger charge is -2.39. The third-order valence-electron chi connectivity index (χ3n) is 15.8. The average Bonchev–Trinajstić information content (AvgIpc) is 3.88. The van der Waals surface area contributed by atoms with E-state index in [0.717, 1.165) is 73.9 Å². The zero-order valence-electron chi connectivity index (χ0n) is 39.8. The van der Waals surface area contributed by atoms with E-state index < -0.39 is 23.6 Å². The summed E-state index contributed by atoms with van der Waals surface area (Å²) in [5, 5.41) is 71.9. The maximum Gasteiger partial charge on any atom is 0.309 e. The molecule has 0 amide bonds. The second kappa shape index (κ2) is 22.5. The zero-order chi connectivity index (χ0) is 47.0. The summed E-state index contributed by atoms with van der Waals surface area (Å²) in [4.78, 5) is 16.9. The molecule has 1 aromatic heterocycles. The molecule has 0 unspecified atom stereocenters. The third kappa shape index (κ3) is 12.3. The molecule has 7 rings (SSSR count). The predicted octanol–water partition coefficient (Wildman–Crippen LogP) is 10.4. The molecule has 66 heavy (non-hydrogen) atoms. The molecular weight excluding hydrogens is 827 g/mol. The Bertz CT molecular complexity index is 2170. The number of benzene rings is 2. The number of phenolic OH excluding ortho intramolecular Hbond substituents is 2. The van der Waals surface area contributed by atoms with Crippen molar-refractivity contribution in [2.75, 3.05) is 6.54 Å². The molecular formula is C56H79N3O7. The van der Waals surface area contributed by atoms with Gasteiger partial charge in [-0.05, 0) is 148 Å². The lowest BCUT2D eigenvalue weighted by atomic mass is 9.69. The summed E-state index contributed by atoms with van der Waals surface area (Å²) in [5.41, 5.74) is 11.6. The maximum atomic E-state index is 13.2. The Labute approximate surface area is 393 Å². The first-order valence-electron chi connectivity index (χ1n) is 25.4. The number of nitrogens with two attached hydrogens (primary N) is 1. The average molecular weight is 906 g/mol. The van der Waals surface area contributed by atoms with Crippen LogP contribution in [-0.4, -0.2) is 65.9 Å². The Hall–Kier alpha value is -4.51. The number of dihydropyridines is 1. The number of aliphatic carboxylic acids is 1. The molecule has 10 nitrogen and oxygen atoms in total. The third-order valence-corrected chi connectivity index (χ3v) is 15.8. The lowest BCUT2D eigenvalue weighted by Crippen LogP contribution is -2.42. The normalized spacial score (nSPS) is 29.2. The molecule has 2 aromatic carbocycles. The van der Waals surface area contributed by atoms with E-state index in [2.05, 4.69) is 67.5 Å². The molecule has 10 N–H and O–H groups in total. The van der Waals surface area contributed by atoms with Crippen LogP contribution in [0, 0.1) is 41.4 Å². The molecule has 0 radical (unpaired) electrons. The number of nitrogens with one attached hydrogen (secondary N) is 2. The van der Waals surface area contributed by atoms with Gasteiger partial charge in [0, 0.05) is 53.4 Å². The van der Waals surface area contributed by atoms with Crippen molar-refractivity contribution in [3.63, 3.8) is 0 Å². The molecule has 3 aliphatic carbocycles. The van der Waals surface area contributed by atoms with Gasteiger partial charge in [-0.3, -0.25) is 4.79 Å². The number of rotatable bonds is 18. The summed E-state index contributed by atoms with van der Waals surface area (Å²) >= 11 is 0. The molecule has 2 fully saturated rings. The van der Waals surface area contributed by atoms with Gasteiger partial charge in [-0.25, -0.2) is 0 Å². The molecule has 3 aromatic rings. The second-order valence-electron chi connectivity index (χ2n) is 21.1. The smallest absolute Gasteiger partial charge is 0.309 e. The lowest BCUT2D eigenvalue weighted by molar-refractivity contribution is -0.150. The number of hydrogen-bond donors (Lipinski definition) is 9. The van der Waals surface area contributed by atoms with Crippen LogP contribution in [0.3, 0.4) is 0 Å². The van der Waals surface area contributed by atoms with Crippen LogP contribution in [0.25, 0.3) is 11.3 Å². The number of aromatic nitrogens is 1. The van der Waals surface area contributed by atoms with Gasteiger partial charge in [0.15, 0.2) is 0 Å². The van der Waals surface area contributed by atoms with E-state index in [9.17, 15) is 35.4 Å². The number of aromatic hydroxyl groups is 2. The number of carboxylic acids is 1. The monoisotopic (exact) mass is 906 g/mol. The summed E-state index contributed by atoms with van der Waals surface area (Å²) in [6, 6.07) is 15.5. The van der Waals surface area contributed by atoms with Gasteiger partial charge < -0.3 is 46.7 Å². The van der Waals surface area contributed by atoms with Crippen molar-refractivity contribution in [3.05, 3.63) is 107 Å². The van der Waals surface area contributed by atoms with Crippen molar-refractivity contribution in [2.24, 2.45) is 47.2 Å². The van der Waals surface area contributed by atoms with E-state index >= 15 is 0 Å². The van der Waals surface area contributed by atoms with Crippen LogP contribution in [0.2, 0.25) is 0 Å². The number of aliphatic hydroxyl groups is 3. The number of carboxylic acid groups (broad SMARTS) is 1. The minimum Gasteiger partial charge on any atom is -0.508 e. The van der Waals surface area contributed by atoms with Gasteiger partial charge in [-0.15, -0.1) is 0 Å². The number of aliphatic hydroxyl groups excluding tert-OH is 2. The Morgan fingerprint density at radius 1 is 0.909 bits per heavy atom. The molecule has 10 atom stereocenters. The van der Waals surface area contributed by atoms with Crippen molar-refractivity contribution in [3.8, 4) is 22.8 Å². The highest BCUT2D eigenvalue weighted by atomic mass is 16.4. The highest BCUT2D eigenvalue weighted by molar-refractivity contribution is 5.71. The molecule has 0 bridgehead atoms. The Morgan fingerprint density at radius 3 is 2.42 bits per heavy atom. The van der Waals surface area contributed by atoms with Crippen molar-refractivity contribution >= 4 is 5.97 Å². The Kier molecular flexibility index (Phi) is 16.9. The molecule has 2 saturated carbocycles. The number of carbonyl (C=O) groups is 1. The van der Waals surface area contributed by atoms with Gasteiger partial charge >= 0.3 is 5.97 Å². The number of aromatic amines is 1. The summed E-state index contributed by atoms with van der Waals surface area (Å²) in [6.45, 7) is 7.26. The largest absolute Gasteiger partial charge is 0.508 e. The van der Waals surface area contributed by atoms with Crippen molar-refractivity contribution in [1.82, 2.24) is 10.3 Å². The van der Waals surface area contributed by atoms with Crippen LogP contribution in [0.5, 0.6) is 11.5 Å². The minimum atomic E-state index is -1.14. The minimum absolute atomic E-state index is 0.0239. The van der Waals surface area contributed by atoms with Crippen LogP contribution in [0.1, 0.15) is 152 Å². The number of phenols is 2. The van der Waals surface area contributed by atoms with E-state index in [1.807, 2.05) is 24.3 Å². The summed E-state index contributed by atoms with van der Waals surface area (Å²) in [6.07, 6.45) is 21.0. The van der Waals surface area contributed by atoms with Crippen molar-refractivity contribution < 1.29 is 35.4 Å². The predicted molar refractivity (Wildman–Crippen MR) is 263 cm³/mol. The van der Waals surface area contributed by atoms with E-state index in [4.69, 9.17) is 5.73 Å². The fourth-order valence-electron chi connectivity index (χ4n) is 12.5. The van der Waals surface area contributed by atoms with Gasteiger partial charge in [0.05, 0.1) is 29.5 Å². The number of unbranched alkanes of at least 4 members (excludes halogenated alkanes) is 3. The molecule has 1 aliphatic heterocycles. The van der Waals surface area contributed by atoms with E-state index in [1.54, 1.807) is 6.07 Å². The first kappa shape index (κ1) is 49.4. The standard InChI is InChI=1S/C56H79N3O7/c1-4-5-6-11-36-16-17-39(51(62)29-36)12-7-8-13-40-18-19-44(47-28-38(27-37-23-25-58-53(57)30-37)34-56(47,66)24-22-50(61)54(40)55(64)65)48-20-21-49(59-48)45-32-43(60)33-52(63)46(45)31-42-15-10-9-14-41(42)26-35(2)3/h9-10,14-17,20-21,23,30,32-33,35-36,38-40,44,47,50-51,54,58-63,66H,4-8,11-13,18-19,22,24-29,31,34,57H2,1-3H3,(H,64,65)/t36-,38+,39-,40+,44-,47+,50+,51-,54+,56+/m1/s1. The second-order valence-corrected chi connectivity index (χ2v) is 21.1. The van der Waals surface area contributed by atoms with Gasteiger partial charge in [-0.1, -0.05) is 95.4 Å². The van der Waals surface area contributed by atoms with Crippen molar-refractivity contribution in [2.45, 2.75) is 160 Å². The molecule has 4 aliphatic rings. The quantitative estimate of drug-likeness (QED) is 0.0441. The summed E-state index contributed by atoms with van der Waals surface area (Å²) in [7, 11) is 0. The number of allylic oxidation sites excluding steroid dienone is 3. The van der Waals surface area contributed by atoms with Gasteiger partial charge in [0.2, 0.25) is 0 Å². The SMILES string of the molecule is CCCCC[C@@H]1C=C[C@@H](CCCC[C@H]2CC[C@@H](c3ccc(-c4cc(O)cc(O)c4Cc4ccccc4CC(C)C)[nH]3)[C@@H]3C[C@H](CC4=CCNC(N)=C4)C[C@@]3(O)CC[C@H](O)[C@H]2C(=O)O)[C@H](O)C1. The first-order valence-corrected chi connectivity index (χ1v) is 25.4. The number of H-pyrrole nitrogens is 1. The fourth-order valence-corrected chi connectivity index (χ4v) is 12.5. The molecule has 360 valence electrons. The Morgan fingerprint density at radius 2 is 1.68 bits per heavy atom. The highest BCUT2D eigenvalue weighted by Crippen LogP contribution is 2.54. The van der Waals surface area contributed by atoms with Gasteiger partial charge in [0.25, 0.3) is 0 Å². The highest BCUT2D eigenvalue weighted by Gasteiger charge is 2.51. The van der Waals surface area contributed by atoms with Crippen LogP contribution >= 0.6 is 0 Å². The van der Waals surface area contributed by atoms with E-state index in [1.165, 1.54) is 30.9 Å². The van der Waals surface area contributed by atoms with E-state index in [-0.39, 0.29) is 53.6 Å². The maximum absolute atomic E-state index is 13.2. The van der Waals surface area contributed by atoms with Crippen LogP contribution in [0.15, 0.2) is 84.2 Å². The molecule has 0 saturated heterocycles. The number of fused-ring (bicyclic) bond motifs is 1. The summed E-state index contributed by atoms with van der Waals surface area (Å²) < 4.78 is 0. The first-order chi connectivity index (χ1) is 31.7. The van der Waals surface area contributed by atoms with Crippen LogP contribution in [0.4, 0.5) is 0 Å². The number of hydrogen-bond acceptors (Lipinski definition) is 8. The topological polar surface area (TPSA) is 192 Å². The zero-order valence-corrected chi connectivity index (χ0v) is 39.8. The van der Waals surface area contributed by atoms with E-state index in [0.29, 0.717) is 73.9 Å². The molecule has 2 heterocycles. The van der Waals surface area contributed by atoms with Gasteiger partial charge in [0.1, 0.15) is 11.5 Å². The summed E-state index contributed by atoms with van der Waals surface area (Å²) in [5.74, 6) is -0.783. The van der Waals surface area contributed by atoms with Crippen molar-refractivity contribution in [1.29, 1.82) is 0 Å². The Balaban J connectivity index is 1.17. The molecule has 10 heteroatoms. The molecule has 0 spiro atoms.